The first-order valence-corrected chi connectivity index (χ1v) is 5.12. The van der Waals surface area contributed by atoms with E-state index in [0.717, 1.165) is 5.69 Å². The van der Waals surface area contributed by atoms with Crippen LogP contribution in [0.15, 0.2) is 12.3 Å². The summed E-state index contributed by atoms with van der Waals surface area (Å²) in [5, 5.41) is 4.42. The number of halogens is 3. The fourth-order valence-electron chi connectivity index (χ4n) is 1.16. The van der Waals surface area contributed by atoms with Crippen molar-refractivity contribution in [3.8, 4) is 5.69 Å². The molecule has 0 unspecified atom stereocenters. The maximum Gasteiger partial charge on any atom is 0.225 e. The molecule has 0 amide bonds. The summed E-state index contributed by atoms with van der Waals surface area (Å²) < 4.78 is 1.56. The Hall–Kier alpha value is -0.840. The fourth-order valence-corrected chi connectivity index (χ4v) is 1.96. The van der Waals surface area contributed by atoms with Crippen LogP contribution in [0.1, 0.15) is 5.69 Å². The monoisotopic (exact) mass is 262 g/mol. The van der Waals surface area contributed by atoms with Crippen molar-refractivity contribution in [2.75, 3.05) is 0 Å². The third kappa shape index (κ3) is 1.93. The van der Waals surface area contributed by atoms with Crippen molar-refractivity contribution in [2.45, 2.75) is 6.92 Å². The van der Waals surface area contributed by atoms with Crippen LogP contribution >= 0.6 is 34.8 Å². The van der Waals surface area contributed by atoms with E-state index in [-0.39, 0.29) is 15.6 Å². The van der Waals surface area contributed by atoms with Gasteiger partial charge in [-0.05, 0) is 24.6 Å². The summed E-state index contributed by atoms with van der Waals surface area (Å²) in [5.74, 6) is 0. The fraction of sp³-hybridized carbons (Fsp3) is 0.125. The van der Waals surface area contributed by atoms with Crippen LogP contribution in [0.2, 0.25) is 15.6 Å². The highest BCUT2D eigenvalue weighted by molar-refractivity contribution is 6.37. The molecule has 2 heterocycles. The zero-order valence-corrected chi connectivity index (χ0v) is 9.85. The molecule has 2 aromatic heterocycles. The van der Waals surface area contributed by atoms with Crippen molar-refractivity contribution in [1.29, 1.82) is 0 Å². The molecule has 2 rings (SSSR count). The SMILES string of the molecule is Cc1ccnn1-c1c(Cl)nc(Cl)nc1Cl. The molecule has 0 spiro atoms. The third-order valence-corrected chi connectivity index (χ3v) is 2.51. The lowest BCUT2D eigenvalue weighted by molar-refractivity contribution is 0.834. The number of hydrogen-bond acceptors (Lipinski definition) is 3. The highest BCUT2D eigenvalue weighted by Crippen LogP contribution is 2.26. The molecule has 0 radical (unpaired) electrons. The Balaban J connectivity index is 2.68. The van der Waals surface area contributed by atoms with E-state index in [1.807, 2.05) is 13.0 Å². The van der Waals surface area contributed by atoms with Gasteiger partial charge in [-0.25, -0.2) is 14.6 Å². The average molecular weight is 264 g/mol. The first-order valence-electron chi connectivity index (χ1n) is 3.99. The number of aromatic nitrogens is 4. The Morgan fingerprint density at radius 3 is 2.20 bits per heavy atom. The van der Waals surface area contributed by atoms with Gasteiger partial charge in [-0.2, -0.15) is 5.10 Å². The van der Waals surface area contributed by atoms with Crippen molar-refractivity contribution >= 4 is 34.8 Å². The Morgan fingerprint density at radius 1 is 1.13 bits per heavy atom. The van der Waals surface area contributed by atoms with E-state index in [2.05, 4.69) is 15.1 Å². The minimum absolute atomic E-state index is 0.0126. The van der Waals surface area contributed by atoms with Crippen LogP contribution < -0.4 is 0 Å². The van der Waals surface area contributed by atoms with Crippen LogP contribution in [-0.4, -0.2) is 19.7 Å². The summed E-state index contributed by atoms with van der Waals surface area (Å²) >= 11 is 17.4. The van der Waals surface area contributed by atoms with E-state index in [4.69, 9.17) is 34.8 Å². The van der Waals surface area contributed by atoms with Crippen LogP contribution in [0.3, 0.4) is 0 Å². The Labute approximate surface area is 101 Å². The Bertz CT molecular complexity index is 485. The predicted molar refractivity (Wildman–Crippen MR) is 58.9 cm³/mol. The van der Waals surface area contributed by atoms with Crippen LogP contribution in [0.25, 0.3) is 5.69 Å². The lowest BCUT2D eigenvalue weighted by Crippen LogP contribution is -2.03. The lowest BCUT2D eigenvalue weighted by Gasteiger charge is -2.07. The zero-order chi connectivity index (χ0) is 11.0. The molecule has 78 valence electrons. The van der Waals surface area contributed by atoms with Gasteiger partial charge in [0.25, 0.3) is 0 Å². The number of rotatable bonds is 1. The second-order valence-electron chi connectivity index (χ2n) is 2.81. The van der Waals surface area contributed by atoms with E-state index in [0.29, 0.717) is 5.69 Å². The largest absolute Gasteiger partial charge is 0.232 e. The molecule has 2 aromatic rings. The zero-order valence-electron chi connectivity index (χ0n) is 7.58. The molecule has 15 heavy (non-hydrogen) atoms. The number of hydrogen-bond donors (Lipinski definition) is 0. The third-order valence-electron chi connectivity index (χ3n) is 1.82. The first-order chi connectivity index (χ1) is 7.09. The Morgan fingerprint density at radius 2 is 1.73 bits per heavy atom. The van der Waals surface area contributed by atoms with Gasteiger partial charge < -0.3 is 0 Å². The molecular formula is C8H5Cl3N4. The van der Waals surface area contributed by atoms with Gasteiger partial charge in [0.2, 0.25) is 5.28 Å². The van der Waals surface area contributed by atoms with Gasteiger partial charge in [0.05, 0.1) is 0 Å². The van der Waals surface area contributed by atoms with E-state index in [1.165, 1.54) is 0 Å². The molecule has 0 N–H and O–H groups in total. The van der Waals surface area contributed by atoms with E-state index < -0.39 is 0 Å². The van der Waals surface area contributed by atoms with Gasteiger partial charge in [0.15, 0.2) is 10.3 Å². The molecule has 0 aliphatic heterocycles. The number of nitrogens with zero attached hydrogens (tertiary/aromatic N) is 4. The van der Waals surface area contributed by atoms with E-state index >= 15 is 0 Å². The summed E-state index contributed by atoms with van der Waals surface area (Å²) in [4.78, 5) is 7.61. The van der Waals surface area contributed by atoms with Crippen molar-refractivity contribution in [3.63, 3.8) is 0 Å². The van der Waals surface area contributed by atoms with Crippen LogP contribution in [-0.2, 0) is 0 Å². The highest BCUT2D eigenvalue weighted by Gasteiger charge is 2.14. The van der Waals surface area contributed by atoms with E-state index in [1.54, 1.807) is 10.9 Å². The highest BCUT2D eigenvalue weighted by atomic mass is 35.5. The van der Waals surface area contributed by atoms with Gasteiger partial charge in [-0.1, -0.05) is 23.2 Å². The summed E-state index contributed by atoms with van der Waals surface area (Å²) in [7, 11) is 0. The second kappa shape index (κ2) is 3.96. The molecule has 0 aliphatic carbocycles. The normalized spacial score (nSPS) is 10.7. The van der Waals surface area contributed by atoms with E-state index in [9.17, 15) is 0 Å². The molecule has 0 fully saturated rings. The summed E-state index contributed by atoms with van der Waals surface area (Å²) in [5.41, 5.74) is 1.31. The topological polar surface area (TPSA) is 43.6 Å². The molecule has 4 nitrogen and oxygen atoms in total. The maximum atomic E-state index is 5.92. The van der Waals surface area contributed by atoms with Crippen LogP contribution in [0.5, 0.6) is 0 Å². The molecule has 7 heteroatoms. The minimum atomic E-state index is 0.0126. The molecule has 0 bridgehead atoms. The van der Waals surface area contributed by atoms with Gasteiger partial charge >= 0.3 is 0 Å². The first kappa shape index (κ1) is 10.7. The number of aryl methyl sites for hydroxylation is 1. The van der Waals surface area contributed by atoms with Gasteiger partial charge in [-0.15, -0.1) is 0 Å². The smallest absolute Gasteiger partial charge is 0.225 e. The van der Waals surface area contributed by atoms with Gasteiger partial charge in [0, 0.05) is 11.9 Å². The molecule has 0 saturated heterocycles. The lowest BCUT2D eigenvalue weighted by atomic mass is 10.4. The molecule has 0 atom stereocenters. The van der Waals surface area contributed by atoms with Crippen LogP contribution in [0.4, 0.5) is 0 Å². The van der Waals surface area contributed by atoms with Crippen molar-refractivity contribution < 1.29 is 0 Å². The summed E-state index contributed by atoms with van der Waals surface area (Å²) in [6.07, 6.45) is 1.64. The standard InChI is InChI=1S/C8H5Cl3N4/c1-4-2-3-12-15(4)5-6(9)13-8(11)14-7(5)10/h2-3H,1H3. The van der Waals surface area contributed by atoms with Crippen LogP contribution in [0, 0.1) is 6.92 Å². The maximum absolute atomic E-state index is 5.92. The Kier molecular flexibility index (Phi) is 2.82. The minimum Gasteiger partial charge on any atom is -0.232 e. The average Bonchev–Trinajstić information content (AvgIpc) is 2.50. The molecular weight excluding hydrogens is 258 g/mol. The quantitative estimate of drug-likeness (QED) is 0.587. The van der Waals surface area contributed by atoms with Gasteiger partial charge in [-0.3, -0.25) is 0 Å². The van der Waals surface area contributed by atoms with Gasteiger partial charge in [0.1, 0.15) is 5.69 Å². The predicted octanol–water partition coefficient (Wildman–Crippen LogP) is 2.93. The molecule has 0 aromatic carbocycles. The van der Waals surface area contributed by atoms with Crippen molar-refractivity contribution in [1.82, 2.24) is 19.7 Å². The van der Waals surface area contributed by atoms with Crippen molar-refractivity contribution in [2.24, 2.45) is 0 Å². The summed E-state index contributed by atoms with van der Waals surface area (Å²) in [6.45, 7) is 1.87. The molecule has 0 aliphatic rings. The second-order valence-corrected chi connectivity index (χ2v) is 3.86. The summed E-state index contributed by atoms with van der Waals surface area (Å²) in [6, 6.07) is 1.82. The van der Waals surface area contributed by atoms with Crippen molar-refractivity contribution in [3.05, 3.63) is 33.5 Å². The molecule has 0 saturated carbocycles.